The smallest absolute Gasteiger partial charge is 0.100 e. The summed E-state index contributed by atoms with van der Waals surface area (Å²) in [5.41, 5.74) is 4.60. The minimum absolute atomic E-state index is 0.116. The van der Waals surface area contributed by atoms with Crippen LogP contribution in [-0.2, 0) is 0 Å². The molecule has 1 N–H and O–H groups in total. The summed E-state index contributed by atoms with van der Waals surface area (Å²) in [5, 5.41) is 9.77. The number of likely N-dealkylation sites (tertiary alicyclic amines) is 1. The van der Waals surface area contributed by atoms with E-state index in [4.69, 9.17) is 0 Å². The van der Waals surface area contributed by atoms with E-state index in [2.05, 4.69) is 55.7 Å². The minimum atomic E-state index is -0.116. The predicted octanol–water partition coefficient (Wildman–Crippen LogP) is 3.06. The van der Waals surface area contributed by atoms with Gasteiger partial charge in [0.1, 0.15) is 6.33 Å². The van der Waals surface area contributed by atoms with Crippen molar-refractivity contribution in [3.05, 3.63) is 54.9 Å². The fourth-order valence-corrected chi connectivity index (χ4v) is 4.58. The molecule has 0 spiro atoms. The first-order valence-electron chi connectivity index (χ1n) is 9.97. The molecule has 0 aliphatic carbocycles. The number of piperidine rings is 1. The number of aromatic nitrogens is 2. The third-order valence-electron chi connectivity index (χ3n) is 6.12. The number of fused-ring (bicyclic) bond motifs is 1. The van der Waals surface area contributed by atoms with Gasteiger partial charge in [0.25, 0.3) is 0 Å². The second kappa shape index (κ2) is 6.98. The SMILES string of the molecule is O[C@H]1CCN(C2CCN(c3ccc(-n4cnc5ccccc54)cc3)CC2)C1. The molecule has 27 heavy (non-hydrogen) atoms. The number of aliphatic hydroxyl groups is 1. The van der Waals surface area contributed by atoms with Crippen LogP contribution in [0.25, 0.3) is 16.7 Å². The fourth-order valence-electron chi connectivity index (χ4n) is 4.58. The summed E-state index contributed by atoms with van der Waals surface area (Å²) in [7, 11) is 0. The lowest BCUT2D eigenvalue weighted by atomic mass is 10.0. The van der Waals surface area contributed by atoms with Gasteiger partial charge in [-0.15, -0.1) is 0 Å². The van der Waals surface area contributed by atoms with Gasteiger partial charge in [0, 0.05) is 43.6 Å². The van der Waals surface area contributed by atoms with Crippen molar-refractivity contribution in [3.8, 4) is 5.69 Å². The average molecular weight is 362 g/mol. The molecule has 5 rings (SSSR count). The number of imidazole rings is 1. The van der Waals surface area contributed by atoms with E-state index in [1.807, 2.05) is 18.5 Å². The van der Waals surface area contributed by atoms with E-state index < -0.39 is 0 Å². The molecule has 2 aliphatic rings. The van der Waals surface area contributed by atoms with Crippen LogP contribution in [0.2, 0.25) is 0 Å². The quantitative estimate of drug-likeness (QED) is 0.778. The van der Waals surface area contributed by atoms with Gasteiger partial charge in [0.05, 0.1) is 17.1 Å². The zero-order chi connectivity index (χ0) is 18.2. The summed E-state index contributed by atoms with van der Waals surface area (Å²) < 4.78 is 2.14. The van der Waals surface area contributed by atoms with Crippen molar-refractivity contribution in [2.75, 3.05) is 31.1 Å². The normalized spacial score (nSPS) is 22.0. The number of nitrogens with zero attached hydrogens (tertiary/aromatic N) is 4. The number of hydrogen-bond donors (Lipinski definition) is 1. The van der Waals surface area contributed by atoms with Crippen molar-refractivity contribution >= 4 is 16.7 Å². The van der Waals surface area contributed by atoms with Crippen LogP contribution in [0.4, 0.5) is 5.69 Å². The number of β-amino-alcohol motifs (C(OH)–C–C–N with tert-alkyl or cyclic N) is 1. The Morgan fingerprint density at radius 2 is 1.59 bits per heavy atom. The molecule has 3 heterocycles. The highest BCUT2D eigenvalue weighted by atomic mass is 16.3. The van der Waals surface area contributed by atoms with E-state index in [1.54, 1.807) is 0 Å². The van der Waals surface area contributed by atoms with Crippen molar-refractivity contribution in [2.45, 2.75) is 31.4 Å². The van der Waals surface area contributed by atoms with Gasteiger partial charge in [-0.1, -0.05) is 12.1 Å². The van der Waals surface area contributed by atoms with Crippen LogP contribution in [-0.4, -0.2) is 57.9 Å². The van der Waals surface area contributed by atoms with E-state index >= 15 is 0 Å². The Kier molecular flexibility index (Phi) is 4.34. The molecule has 3 aromatic rings. The number of aliphatic hydroxyl groups excluding tert-OH is 1. The first-order chi connectivity index (χ1) is 13.3. The Morgan fingerprint density at radius 3 is 2.33 bits per heavy atom. The summed E-state index contributed by atoms with van der Waals surface area (Å²) in [6, 6.07) is 17.7. The van der Waals surface area contributed by atoms with Crippen molar-refractivity contribution in [2.24, 2.45) is 0 Å². The number of anilines is 1. The van der Waals surface area contributed by atoms with Gasteiger partial charge in [-0.3, -0.25) is 9.47 Å². The van der Waals surface area contributed by atoms with Gasteiger partial charge in [-0.2, -0.15) is 0 Å². The maximum atomic E-state index is 9.77. The fraction of sp³-hybridized carbons (Fsp3) is 0.409. The summed E-state index contributed by atoms with van der Waals surface area (Å²) in [6.45, 7) is 4.09. The summed E-state index contributed by atoms with van der Waals surface area (Å²) in [5.74, 6) is 0. The predicted molar refractivity (Wildman–Crippen MR) is 109 cm³/mol. The van der Waals surface area contributed by atoms with Gasteiger partial charge in [0.15, 0.2) is 0 Å². The van der Waals surface area contributed by atoms with E-state index in [9.17, 15) is 5.11 Å². The van der Waals surface area contributed by atoms with Crippen LogP contribution in [0, 0.1) is 0 Å². The van der Waals surface area contributed by atoms with Crippen molar-refractivity contribution < 1.29 is 5.11 Å². The van der Waals surface area contributed by atoms with Crippen LogP contribution < -0.4 is 4.90 Å². The van der Waals surface area contributed by atoms with Crippen LogP contribution >= 0.6 is 0 Å². The molecule has 0 amide bonds. The molecular weight excluding hydrogens is 336 g/mol. The second-order valence-corrected chi connectivity index (χ2v) is 7.78. The molecule has 5 nitrogen and oxygen atoms in total. The van der Waals surface area contributed by atoms with Gasteiger partial charge >= 0.3 is 0 Å². The first-order valence-corrected chi connectivity index (χ1v) is 9.97. The molecule has 2 fully saturated rings. The van der Waals surface area contributed by atoms with Gasteiger partial charge in [-0.05, 0) is 55.7 Å². The Hall–Kier alpha value is -2.37. The zero-order valence-electron chi connectivity index (χ0n) is 15.5. The molecule has 1 atom stereocenters. The molecule has 5 heteroatoms. The molecule has 2 aromatic carbocycles. The third kappa shape index (κ3) is 3.22. The highest BCUT2D eigenvalue weighted by molar-refractivity contribution is 5.77. The summed E-state index contributed by atoms with van der Waals surface area (Å²) >= 11 is 0. The second-order valence-electron chi connectivity index (χ2n) is 7.78. The van der Waals surface area contributed by atoms with Gasteiger partial charge in [-0.25, -0.2) is 4.98 Å². The molecule has 2 aliphatic heterocycles. The van der Waals surface area contributed by atoms with Crippen molar-refractivity contribution in [3.63, 3.8) is 0 Å². The highest BCUT2D eigenvalue weighted by Crippen LogP contribution is 2.26. The van der Waals surface area contributed by atoms with E-state index in [-0.39, 0.29) is 6.10 Å². The van der Waals surface area contributed by atoms with Gasteiger partial charge < -0.3 is 10.0 Å². The number of benzene rings is 2. The molecule has 0 radical (unpaired) electrons. The van der Waals surface area contributed by atoms with Crippen molar-refractivity contribution in [1.29, 1.82) is 0 Å². The Bertz CT molecular complexity index is 911. The topological polar surface area (TPSA) is 44.5 Å². The number of rotatable bonds is 3. The van der Waals surface area contributed by atoms with Crippen LogP contribution in [0.5, 0.6) is 0 Å². The Morgan fingerprint density at radius 1 is 0.852 bits per heavy atom. The zero-order valence-corrected chi connectivity index (χ0v) is 15.5. The maximum absolute atomic E-state index is 9.77. The molecule has 0 unspecified atom stereocenters. The highest BCUT2D eigenvalue weighted by Gasteiger charge is 2.29. The van der Waals surface area contributed by atoms with Crippen LogP contribution in [0.1, 0.15) is 19.3 Å². The monoisotopic (exact) mass is 362 g/mol. The number of para-hydroxylation sites is 2. The molecule has 140 valence electrons. The lowest BCUT2D eigenvalue weighted by Gasteiger charge is -2.37. The Labute approximate surface area is 159 Å². The molecule has 1 aromatic heterocycles. The van der Waals surface area contributed by atoms with Gasteiger partial charge in [0.2, 0.25) is 0 Å². The first kappa shape index (κ1) is 16.8. The maximum Gasteiger partial charge on any atom is 0.100 e. The van der Waals surface area contributed by atoms with Crippen LogP contribution in [0.3, 0.4) is 0 Å². The lowest BCUT2D eigenvalue weighted by molar-refractivity contribution is 0.148. The summed E-state index contributed by atoms with van der Waals surface area (Å²) in [4.78, 5) is 9.46. The number of hydrogen-bond acceptors (Lipinski definition) is 4. The van der Waals surface area contributed by atoms with E-state index in [1.165, 1.54) is 18.5 Å². The van der Waals surface area contributed by atoms with E-state index in [0.29, 0.717) is 6.04 Å². The summed E-state index contributed by atoms with van der Waals surface area (Å²) in [6.07, 6.45) is 5.08. The Balaban J connectivity index is 1.27. The molecule has 2 saturated heterocycles. The molecule has 0 saturated carbocycles. The standard InChI is InChI=1S/C22H26N4O/c27-20-11-14-25(15-20)18-9-12-24(13-10-18)17-5-7-19(8-6-17)26-16-23-21-3-1-2-4-22(21)26/h1-8,16,18,20,27H,9-15H2/t20-/m0/s1. The molecule has 0 bridgehead atoms. The molecular formula is C22H26N4O. The largest absolute Gasteiger partial charge is 0.392 e. The van der Waals surface area contributed by atoms with Crippen LogP contribution in [0.15, 0.2) is 54.9 Å². The third-order valence-corrected chi connectivity index (χ3v) is 6.12. The van der Waals surface area contributed by atoms with E-state index in [0.717, 1.165) is 49.3 Å². The average Bonchev–Trinajstić information content (AvgIpc) is 3.35. The van der Waals surface area contributed by atoms with Crippen molar-refractivity contribution in [1.82, 2.24) is 14.5 Å². The minimum Gasteiger partial charge on any atom is -0.392 e. The lowest BCUT2D eigenvalue weighted by Crippen LogP contribution is -2.44.